The summed E-state index contributed by atoms with van der Waals surface area (Å²) in [5, 5.41) is 0. The van der Waals surface area contributed by atoms with Crippen LogP contribution in [-0.4, -0.2) is 36.5 Å². The van der Waals surface area contributed by atoms with Crippen molar-refractivity contribution in [3.63, 3.8) is 0 Å². The van der Waals surface area contributed by atoms with E-state index in [1.807, 2.05) is 18.2 Å². The quantitative estimate of drug-likeness (QED) is 0.899. The number of ether oxygens (including phenoxy) is 1. The zero-order chi connectivity index (χ0) is 13.8. The van der Waals surface area contributed by atoms with Crippen molar-refractivity contribution in [2.45, 2.75) is 32.2 Å². The lowest BCUT2D eigenvalue weighted by Gasteiger charge is -2.16. The molecular formula is C15H22N2O2. The van der Waals surface area contributed by atoms with Crippen molar-refractivity contribution >= 4 is 5.91 Å². The molecule has 0 aliphatic carbocycles. The Bertz CT molecular complexity index is 446. The van der Waals surface area contributed by atoms with E-state index in [1.165, 1.54) is 5.56 Å². The van der Waals surface area contributed by atoms with Gasteiger partial charge < -0.3 is 15.4 Å². The van der Waals surface area contributed by atoms with Gasteiger partial charge in [-0.15, -0.1) is 0 Å². The smallest absolute Gasteiger partial charge is 0.260 e. The summed E-state index contributed by atoms with van der Waals surface area (Å²) in [6.07, 6.45) is 0.884. The Labute approximate surface area is 114 Å². The van der Waals surface area contributed by atoms with Gasteiger partial charge in [0, 0.05) is 19.1 Å². The molecule has 0 bridgehead atoms. The van der Waals surface area contributed by atoms with Crippen molar-refractivity contribution in [3.8, 4) is 5.75 Å². The molecule has 2 rings (SSSR count). The van der Waals surface area contributed by atoms with Crippen LogP contribution in [0.2, 0.25) is 0 Å². The predicted molar refractivity (Wildman–Crippen MR) is 75.2 cm³/mol. The van der Waals surface area contributed by atoms with E-state index in [-0.39, 0.29) is 18.6 Å². The van der Waals surface area contributed by atoms with E-state index in [4.69, 9.17) is 10.5 Å². The summed E-state index contributed by atoms with van der Waals surface area (Å²) in [4.78, 5) is 13.7. The molecule has 1 aliphatic heterocycles. The van der Waals surface area contributed by atoms with Gasteiger partial charge in [-0.05, 0) is 30.0 Å². The van der Waals surface area contributed by atoms with Crippen molar-refractivity contribution < 1.29 is 9.53 Å². The molecule has 0 radical (unpaired) electrons. The second-order valence-corrected chi connectivity index (χ2v) is 5.40. The maximum atomic E-state index is 11.9. The molecule has 1 saturated heterocycles. The second-order valence-electron chi connectivity index (χ2n) is 5.40. The van der Waals surface area contributed by atoms with Crippen LogP contribution in [0.3, 0.4) is 0 Å². The van der Waals surface area contributed by atoms with Crippen LogP contribution in [0.25, 0.3) is 0 Å². The zero-order valence-electron chi connectivity index (χ0n) is 11.6. The number of rotatable bonds is 4. The average Bonchev–Trinajstić information content (AvgIpc) is 2.83. The highest BCUT2D eigenvalue weighted by Crippen LogP contribution is 2.20. The first-order valence-electron chi connectivity index (χ1n) is 6.82. The highest BCUT2D eigenvalue weighted by atomic mass is 16.5. The topological polar surface area (TPSA) is 55.6 Å². The third kappa shape index (κ3) is 3.70. The van der Waals surface area contributed by atoms with Gasteiger partial charge in [0.25, 0.3) is 5.91 Å². The van der Waals surface area contributed by atoms with Gasteiger partial charge in [-0.3, -0.25) is 4.79 Å². The molecule has 1 aromatic carbocycles. The van der Waals surface area contributed by atoms with Crippen LogP contribution in [0.5, 0.6) is 5.75 Å². The van der Waals surface area contributed by atoms with Crippen LogP contribution < -0.4 is 10.5 Å². The van der Waals surface area contributed by atoms with E-state index in [0.29, 0.717) is 12.5 Å². The molecule has 4 nitrogen and oxygen atoms in total. The fraction of sp³-hybridized carbons (Fsp3) is 0.533. The molecule has 1 atom stereocenters. The highest BCUT2D eigenvalue weighted by molar-refractivity contribution is 5.78. The summed E-state index contributed by atoms with van der Waals surface area (Å²) < 4.78 is 5.57. The lowest BCUT2D eigenvalue weighted by atomic mass is 10.0. The van der Waals surface area contributed by atoms with Gasteiger partial charge in [0.1, 0.15) is 5.75 Å². The Morgan fingerprint density at radius 1 is 1.53 bits per heavy atom. The zero-order valence-corrected chi connectivity index (χ0v) is 11.6. The van der Waals surface area contributed by atoms with Gasteiger partial charge in [-0.2, -0.15) is 0 Å². The third-order valence-corrected chi connectivity index (χ3v) is 3.46. The Balaban J connectivity index is 1.88. The number of carbonyl (C=O) groups is 1. The van der Waals surface area contributed by atoms with Gasteiger partial charge in [0.05, 0.1) is 0 Å². The van der Waals surface area contributed by atoms with Crippen LogP contribution >= 0.6 is 0 Å². The molecule has 0 unspecified atom stereocenters. The largest absolute Gasteiger partial charge is 0.484 e. The minimum absolute atomic E-state index is 0.0166. The van der Waals surface area contributed by atoms with E-state index in [9.17, 15) is 4.79 Å². The number of benzene rings is 1. The Morgan fingerprint density at radius 3 is 2.95 bits per heavy atom. The minimum Gasteiger partial charge on any atom is -0.484 e. The first kappa shape index (κ1) is 13.9. The van der Waals surface area contributed by atoms with Crippen molar-refractivity contribution in [3.05, 3.63) is 29.8 Å². The molecule has 1 aliphatic rings. The van der Waals surface area contributed by atoms with Crippen molar-refractivity contribution in [1.29, 1.82) is 0 Å². The summed E-state index contributed by atoms with van der Waals surface area (Å²) in [6, 6.07) is 8.02. The first-order valence-corrected chi connectivity index (χ1v) is 6.82. The number of carbonyl (C=O) groups excluding carboxylic acids is 1. The standard InChI is InChI=1S/C15H22N2O2/c1-11(2)12-4-3-5-14(8-12)19-10-15(18)17-7-6-13(16)9-17/h3-5,8,11,13H,6-7,9-10,16H2,1-2H3/t13-/m1/s1. The summed E-state index contributed by atoms with van der Waals surface area (Å²) in [7, 11) is 0. The van der Waals surface area contributed by atoms with E-state index < -0.39 is 0 Å². The predicted octanol–water partition coefficient (Wildman–Crippen LogP) is 1.75. The molecule has 0 spiro atoms. The summed E-state index contributed by atoms with van der Waals surface area (Å²) >= 11 is 0. The van der Waals surface area contributed by atoms with E-state index in [1.54, 1.807) is 4.90 Å². The van der Waals surface area contributed by atoms with E-state index in [0.717, 1.165) is 18.7 Å². The van der Waals surface area contributed by atoms with Crippen LogP contribution in [0.15, 0.2) is 24.3 Å². The maximum Gasteiger partial charge on any atom is 0.260 e. The number of hydrogen-bond donors (Lipinski definition) is 1. The van der Waals surface area contributed by atoms with Crippen LogP contribution in [0, 0.1) is 0 Å². The molecule has 104 valence electrons. The van der Waals surface area contributed by atoms with Gasteiger partial charge in [-0.1, -0.05) is 26.0 Å². The maximum absolute atomic E-state index is 11.9. The molecule has 19 heavy (non-hydrogen) atoms. The van der Waals surface area contributed by atoms with Gasteiger partial charge in [0.2, 0.25) is 0 Å². The fourth-order valence-corrected chi connectivity index (χ4v) is 2.21. The van der Waals surface area contributed by atoms with Crippen LogP contribution in [0.4, 0.5) is 0 Å². The van der Waals surface area contributed by atoms with E-state index in [2.05, 4.69) is 19.9 Å². The molecular weight excluding hydrogens is 240 g/mol. The van der Waals surface area contributed by atoms with Gasteiger partial charge >= 0.3 is 0 Å². The summed E-state index contributed by atoms with van der Waals surface area (Å²) in [6.45, 7) is 5.75. The Kier molecular flexibility index (Phi) is 4.43. The number of amides is 1. The van der Waals surface area contributed by atoms with Crippen molar-refractivity contribution in [2.24, 2.45) is 5.73 Å². The van der Waals surface area contributed by atoms with Crippen LogP contribution in [0.1, 0.15) is 31.7 Å². The Hall–Kier alpha value is -1.55. The second kappa shape index (κ2) is 6.06. The molecule has 0 saturated carbocycles. The number of nitrogens with zero attached hydrogens (tertiary/aromatic N) is 1. The molecule has 1 fully saturated rings. The lowest BCUT2D eigenvalue weighted by molar-refractivity contribution is -0.132. The molecule has 0 aromatic heterocycles. The lowest BCUT2D eigenvalue weighted by Crippen LogP contribution is -2.35. The monoisotopic (exact) mass is 262 g/mol. The Morgan fingerprint density at radius 2 is 2.32 bits per heavy atom. The van der Waals surface area contributed by atoms with Crippen molar-refractivity contribution in [1.82, 2.24) is 4.90 Å². The molecule has 1 heterocycles. The van der Waals surface area contributed by atoms with Gasteiger partial charge in [-0.25, -0.2) is 0 Å². The SMILES string of the molecule is CC(C)c1cccc(OCC(=O)N2CC[C@@H](N)C2)c1. The van der Waals surface area contributed by atoms with Crippen LogP contribution in [-0.2, 0) is 4.79 Å². The molecule has 4 heteroatoms. The number of likely N-dealkylation sites (tertiary alicyclic amines) is 1. The first-order chi connectivity index (χ1) is 9.06. The number of hydrogen-bond acceptors (Lipinski definition) is 3. The summed E-state index contributed by atoms with van der Waals surface area (Å²) in [5.41, 5.74) is 7.00. The number of nitrogens with two attached hydrogens (primary N) is 1. The van der Waals surface area contributed by atoms with Gasteiger partial charge in [0.15, 0.2) is 6.61 Å². The van der Waals surface area contributed by atoms with E-state index >= 15 is 0 Å². The molecule has 1 amide bonds. The van der Waals surface area contributed by atoms with Crippen molar-refractivity contribution in [2.75, 3.05) is 19.7 Å². The summed E-state index contributed by atoms with van der Waals surface area (Å²) in [5.74, 6) is 1.22. The highest BCUT2D eigenvalue weighted by Gasteiger charge is 2.23. The normalized spacial score (nSPS) is 18.9. The third-order valence-electron chi connectivity index (χ3n) is 3.46. The average molecular weight is 262 g/mol. The fourth-order valence-electron chi connectivity index (χ4n) is 2.21. The molecule has 2 N–H and O–H groups in total. The molecule has 1 aromatic rings. The minimum atomic E-state index is 0.0166.